The normalized spacial score (nSPS) is 10.3. The Morgan fingerprint density at radius 2 is 2.00 bits per heavy atom. The molecule has 0 aliphatic heterocycles. The van der Waals surface area contributed by atoms with Gasteiger partial charge in [0.25, 0.3) is 5.91 Å². The van der Waals surface area contributed by atoms with E-state index in [1.165, 1.54) is 6.39 Å². The smallest absolute Gasteiger partial charge is 0.255 e. The highest BCUT2D eigenvalue weighted by molar-refractivity contribution is 9.10. The van der Waals surface area contributed by atoms with Gasteiger partial charge < -0.3 is 9.73 Å². The molecule has 1 N–H and O–H groups in total. The third kappa shape index (κ3) is 3.14. The number of benzene rings is 1. The second kappa shape index (κ2) is 5.84. The third-order valence-corrected chi connectivity index (χ3v) is 3.17. The van der Waals surface area contributed by atoms with E-state index >= 15 is 0 Å². The molecule has 104 valence electrons. The molecule has 3 rings (SSSR count). The summed E-state index contributed by atoms with van der Waals surface area (Å²) in [5, 5.41) is 10.2. The highest BCUT2D eigenvalue weighted by Gasteiger charge is 2.08. The zero-order valence-corrected chi connectivity index (χ0v) is 12.2. The fourth-order valence-electron chi connectivity index (χ4n) is 1.74. The van der Waals surface area contributed by atoms with Crippen LogP contribution in [0.3, 0.4) is 0 Å². The molecule has 0 unspecified atom stereocenters. The summed E-state index contributed by atoms with van der Waals surface area (Å²) in [7, 11) is 0. The van der Waals surface area contributed by atoms with E-state index < -0.39 is 0 Å². The maximum atomic E-state index is 12.1. The van der Waals surface area contributed by atoms with Gasteiger partial charge in [-0.25, -0.2) is 4.98 Å². The molecule has 6 nitrogen and oxygen atoms in total. The van der Waals surface area contributed by atoms with E-state index in [1.807, 2.05) is 0 Å². The number of nitrogens with zero attached hydrogens (tertiary/aromatic N) is 3. The lowest BCUT2D eigenvalue weighted by Gasteiger charge is -2.05. The van der Waals surface area contributed by atoms with Crippen LogP contribution < -0.4 is 5.32 Å². The van der Waals surface area contributed by atoms with Crippen LogP contribution in [-0.2, 0) is 0 Å². The molecule has 1 amide bonds. The summed E-state index contributed by atoms with van der Waals surface area (Å²) in [5.41, 5.74) is 1.99. The Labute approximate surface area is 128 Å². The number of halogens is 1. The summed E-state index contributed by atoms with van der Waals surface area (Å²) in [6.07, 6.45) is 2.84. The molecule has 7 heteroatoms. The first-order valence-corrected chi connectivity index (χ1v) is 6.81. The maximum absolute atomic E-state index is 12.1. The SMILES string of the molecule is O=C(Nc1ccc(-c2nnco2)cc1)c1ccnc(Br)c1. The fourth-order valence-corrected chi connectivity index (χ4v) is 2.11. The fraction of sp³-hybridized carbons (Fsp3) is 0. The van der Waals surface area contributed by atoms with Gasteiger partial charge in [0, 0.05) is 23.0 Å². The van der Waals surface area contributed by atoms with Gasteiger partial charge in [-0.05, 0) is 52.3 Å². The first-order valence-electron chi connectivity index (χ1n) is 6.02. The highest BCUT2D eigenvalue weighted by Crippen LogP contribution is 2.19. The maximum Gasteiger partial charge on any atom is 0.255 e. The molecule has 0 saturated carbocycles. The summed E-state index contributed by atoms with van der Waals surface area (Å²) < 4.78 is 5.71. The molecule has 0 radical (unpaired) electrons. The van der Waals surface area contributed by atoms with Crippen molar-refractivity contribution < 1.29 is 9.21 Å². The van der Waals surface area contributed by atoms with Crippen LogP contribution >= 0.6 is 15.9 Å². The molecule has 3 aromatic rings. The highest BCUT2D eigenvalue weighted by atomic mass is 79.9. The Hall–Kier alpha value is -2.54. The van der Waals surface area contributed by atoms with Crippen LogP contribution in [0.15, 0.2) is 58.0 Å². The topological polar surface area (TPSA) is 80.9 Å². The van der Waals surface area contributed by atoms with E-state index in [0.717, 1.165) is 5.56 Å². The summed E-state index contributed by atoms with van der Waals surface area (Å²) >= 11 is 3.23. The summed E-state index contributed by atoms with van der Waals surface area (Å²) in [6.45, 7) is 0. The predicted octanol–water partition coefficient (Wildman–Crippen LogP) is 3.15. The molecule has 0 atom stereocenters. The van der Waals surface area contributed by atoms with Gasteiger partial charge in [0.15, 0.2) is 0 Å². The van der Waals surface area contributed by atoms with Crippen LogP contribution in [0.1, 0.15) is 10.4 Å². The molecular formula is C14H9BrN4O2. The van der Waals surface area contributed by atoms with Gasteiger partial charge >= 0.3 is 0 Å². The lowest BCUT2D eigenvalue weighted by molar-refractivity contribution is 0.102. The molecule has 0 bridgehead atoms. The monoisotopic (exact) mass is 344 g/mol. The van der Waals surface area contributed by atoms with E-state index in [4.69, 9.17) is 4.42 Å². The largest absolute Gasteiger partial charge is 0.423 e. The van der Waals surface area contributed by atoms with E-state index in [-0.39, 0.29) is 5.91 Å². The number of amides is 1. The Morgan fingerprint density at radius 1 is 1.19 bits per heavy atom. The number of hydrogen-bond donors (Lipinski definition) is 1. The van der Waals surface area contributed by atoms with Crippen molar-refractivity contribution in [1.82, 2.24) is 15.2 Å². The average molecular weight is 345 g/mol. The zero-order valence-electron chi connectivity index (χ0n) is 10.7. The number of aromatic nitrogens is 3. The number of anilines is 1. The first kappa shape index (κ1) is 13.4. The van der Waals surface area contributed by atoms with Crippen molar-refractivity contribution in [2.75, 3.05) is 5.32 Å². The number of pyridine rings is 1. The minimum Gasteiger partial charge on any atom is -0.423 e. The zero-order chi connectivity index (χ0) is 14.7. The average Bonchev–Trinajstić information content (AvgIpc) is 3.02. The van der Waals surface area contributed by atoms with Gasteiger partial charge in [0.05, 0.1) is 0 Å². The Morgan fingerprint density at radius 3 is 2.67 bits per heavy atom. The van der Waals surface area contributed by atoms with Crippen LogP contribution in [0.4, 0.5) is 5.69 Å². The van der Waals surface area contributed by atoms with Gasteiger partial charge in [0.1, 0.15) is 4.60 Å². The van der Waals surface area contributed by atoms with Crippen LogP contribution in [0.25, 0.3) is 11.5 Å². The minimum absolute atomic E-state index is 0.205. The van der Waals surface area contributed by atoms with Crippen molar-refractivity contribution in [3.8, 4) is 11.5 Å². The third-order valence-electron chi connectivity index (χ3n) is 2.74. The van der Waals surface area contributed by atoms with Crippen LogP contribution in [0.2, 0.25) is 0 Å². The van der Waals surface area contributed by atoms with Gasteiger partial charge in [-0.1, -0.05) is 0 Å². The lowest BCUT2D eigenvalue weighted by atomic mass is 10.2. The van der Waals surface area contributed by atoms with Gasteiger partial charge in [0.2, 0.25) is 12.3 Å². The number of rotatable bonds is 3. The summed E-state index contributed by atoms with van der Waals surface area (Å²) in [4.78, 5) is 16.1. The van der Waals surface area contributed by atoms with Crippen LogP contribution in [0, 0.1) is 0 Å². The second-order valence-corrected chi connectivity index (χ2v) is 4.96. The van der Waals surface area contributed by atoms with Crippen LogP contribution in [0.5, 0.6) is 0 Å². The Balaban J connectivity index is 1.75. The van der Waals surface area contributed by atoms with Crippen molar-refractivity contribution >= 4 is 27.5 Å². The predicted molar refractivity (Wildman–Crippen MR) is 79.6 cm³/mol. The van der Waals surface area contributed by atoms with Crippen molar-refractivity contribution in [3.63, 3.8) is 0 Å². The second-order valence-electron chi connectivity index (χ2n) is 4.14. The van der Waals surface area contributed by atoms with Crippen LogP contribution in [-0.4, -0.2) is 21.1 Å². The van der Waals surface area contributed by atoms with Gasteiger partial charge in [-0.2, -0.15) is 0 Å². The van der Waals surface area contributed by atoms with E-state index in [1.54, 1.807) is 42.6 Å². The van der Waals surface area contributed by atoms with Crippen molar-refractivity contribution in [1.29, 1.82) is 0 Å². The summed E-state index contributed by atoms with van der Waals surface area (Å²) in [6, 6.07) is 10.4. The van der Waals surface area contributed by atoms with Crippen molar-refractivity contribution in [2.24, 2.45) is 0 Å². The molecule has 0 fully saturated rings. The van der Waals surface area contributed by atoms with E-state index in [2.05, 4.69) is 36.4 Å². The minimum atomic E-state index is -0.205. The van der Waals surface area contributed by atoms with Gasteiger partial charge in [-0.3, -0.25) is 4.79 Å². The molecule has 2 aromatic heterocycles. The molecule has 0 aliphatic rings. The lowest BCUT2D eigenvalue weighted by Crippen LogP contribution is -2.11. The number of carbonyl (C=O) groups is 1. The quantitative estimate of drug-likeness (QED) is 0.738. The summed E-state index contributed by atoms with van der Waals surface area (Å²) in [5.74, 6) is 0.231. The van der Waals surface area contributed by atoms with Crippen molar-refractivity contribution in [2.45, 2.75) is 0 Å². The van der Waals surface area contributed by atoms with Crippen molar-refractivity contribution in [3.05, 3.63) is 59.2 Å². The van der Waals surface area contributed by atoms with E-state index in [0.29, 0.717) is 21.7 Å². The number of hydrogen-bond acceptors (Lipinski definition) is 5. The number of carbonyl (C=O) groups excluding carboxylic acids is 1. The molecule has 1 aromatic carbocycles. The molecule has 0 spiro atoms. The first-order chi connectivity index (χ1) is 10.2. The van der Waals surface area contributed by atoms with Gasteiger partial charge in [-0.15, -0.1) is 10.2 Å². The standard InChI is InChI=1S/C14H9BrN4O2/c15-12-7-10(5-6-16-12)13(20)18-11-3-1-9(2-4-11)14-19-17-8-21-14/h1-8H,(H,18,20). The Kier molecular flexibility index (Phi) is 3.74. The molecular weight excluding hydrogens is 336 g/mol. The molecule has 2 heterocycles. The molecule has 0 saturated heterocycles. The molecule has 0 aliphatic carbocycles. The van der Waals surface area contributed by atoms with E-state index in [9.17, 15) is 4.79 Å². The Bertz CT molecular complexity index is 757. The number of nitrogens with one attached hydrogen (secondary N) is 1. The molecule has 21 heavy (non-hydrogen) atoms.